The molecule has 0 radical (unpaired) electrons. The van der Waals surface area contributed by atoms with Crippen molar-refractivity contribution in [3.63, 3.8) is 0 Å². The maximum Gasteiger partial charge on any atom is 0.235 e. The Labute approximate surface area is 175 Å². The van der Waals surface area contributed by atoms with Crippen molar-refractivity contribution in [1.82, 2.24) is 24.8 Å². The van der Waals surface area contributed by atoms with Crippen molar-refractivity contribution in [2.24, 2.45) is 10.7 Å². The Bertz CT molecular complexity index is 1210. The number of aliphatic imine (C=N–C) groups is 1. The van der Waals surface area contributed by atoms with Gasteiger partial charge >= 0.3 is 0 Å². The predicted molar refractivity (Wildman–Crippen MR) is 117 cm³/mol. The number of methoxy groups -OCH3 is 1. The molecule has 0 spiro atoms. The Kier molecular flexibility index (Phi) is 5.84. The van der Waals surface area contributed by atoms with Crippen molar-refractivity contribution in [2.45, 2.75) is 16.5 Å². The fraction of sp³-hybridized carbons (Fsp3) is 0.211. The third-order valence-corrected chi connectivity index (χ3v) is 6.05. The summed E-state index contributed by atoms with van der Waals surface area (Å²) in [6.07, 6.45) is 5.81. The average Bonchev–Trinajstić information content (AvgIpc) is 3.31. The Hall–Kier alpha value is -2.82. The van der Waals surface area contributed by atoms with Gasteiger partial charge in [-0.25, -0.2) is 0 Å². The molecule has 1 aromatic carbocycles. The molecular formula is C19H19N7OS2. The summed E-state index contributed by atoms with van der Waals surface area (Å²) in [7, 11) is 3.40. The second-order valence-electron chi connectivity index (χ2n) is 6.11. The van der Waals surface area contributed by atoms with E-state index in [0.29, 0.717) is 6.61 Å². The van der Waals surface area contributed by atoms with Gasteiger partial charge in [-0.3, -0.25) is 9.98 Å². The van der Waals surface area contributed by atoms with Crippen molar-refractivity contribution in [1.29, 1.82) is 0 Å². The van der Waals surface area contributed by atoms with Crippen LogP contribution in [0.15, 0.2) is 51.7 Å². The lowest BCUT2D eigenvalue weighted by Crippen LogP contribution is -1.96. The maximum atomic E-state index is 5.72. The molecule has 0 amide bonds. The van der Waals surface area contributed by atoms with E-state index in [4.69, 9.17) is 10.5 Å². The summed E-state index contributed by atoms with van der Waals surface area (Å²) in [4.78, 5) is 10.4. The van der Waals surface area contributed by atoms with Crippen molar-refractivity contribution in [3.05, 3.63) is 47.2 Å². The van der Waals surface area contributed by atoms with Gasteiger partial charge < -0.3 is 10.5 Å². The number of aromatic nitrogens is 5. The van der Waals surface area contributed by atoms with E-state index in [2.05, 4.69) is 37.4 Å². The number of hydrogen-bond donors (Lipinski definition) is 1. The molecule has 4 rings (SSSR count). The molecule has 3 heterocycles. The van der Waals surface area contributed by atoms with E-state index >= 15 is 0 Å². The predicted octanol–water partition coefficient (Wildman–Crippen LogP) is 3.07. The first-order valence-electron chi connectivity index (χ1n) is 8.84. The summed E-state index contributed by atoms with van der Waals surface area (Å²) in [6, 6.07) is 8.14. The second kappa shape index (κ2) is 8.68. The van der Waals surface area contributed by atoms with Crippen molar-refractivity contribution in [2.75, 3.05) is 20.8 Å². The molecule has 10 heteroatoms. The summed E-state index contributed by atoms with van der Waals surface area (Å²) < 4.78 is 6.91. The van der Waals surface area contributed by atoms with Gasteiger partial charge in [-0.2, -0.15) is 9.61 Å². The van der Waals surface area contributed by atoms with Crippen molar-refractivity contribution < 1.29 is 4.74 Å². The quantitative estimate of drug-likeness (QED) is 0.454. The molecular weight excluding hydrogens is 406 g/mol. The molecule has 29 heavy (non-hydrogen) atoms. The Morgan fingerprint density at radius 3 is 3.03 bits per heavy atom. The number of nitrogens with two attached hydrogens (primary N) is 1. The fourth-order valence-corrected chi connectivity index (χ4v) is 4.48. The van der Waals surface area contributed by atoms with Crippen LogP contribution >= 0.6 is 23.1 Å². The van der Waals surface area contributed by atoms with Crippen LogP contribution < -0.4 is 5.73 Å². The minimum Gasteiger partial charge on any atom is -0.404 e. The van der Waals surface area contributed by atoms with Gasteiger partial charge in [0.15, 0.2) is 0 Å². The highest BCUT2D eigenvalue weighted by molar-refractivity contribution is 7.99. The molecule has 0 atom stereocenters. The first-order valence-corrected chi connectivity index (χ1v) is 10.5. The highest BCUT2D eigenvalue weighted by Gasteiger charge is 2.13. The van der Waals surface area contributed by atoms with E-state index in [1.807, 2.05) is 12.1 Å². The number of rotatable bonds is 7. The Morgan fingerprint density at radius 1 is 1.34 bits per heavy atom. The topological polar surface area (TPSA) is 104 Å². The lowest BCUT2D eigenvalue weighted by atomic mass is 10.1. The van der Waals surface area contributed by atoms with E-state index in [-0.39, 0.29) is 0 Å². The maximum absolute atomic E-state index is 5.72. The van der Waals surface area contributed by atoms with Crippen LogP contribution in [0.4, 0.5) is 0 Å². The van der Waals surface area contributed by atoms with Crippen LogP contribution in [0, 0.1) is 0 Å². The summed E-state index contributed by atoms with van der Waals surface area (Å²) in [6.45, 7) is 0.633. The van der Waals surface area contributed by atoms with Gasteiger partial charge in [-0.1, -0.05) is 11.3 Å². The zero-order valence-corrected chi connectivity index (χ0v) is 17.6. The summed E-state index contributed by atoms with van der Waals surface area (Å²) in [5, 5.41) is 15.8. The van der Waals surface area contributed by atoms with E-state index < -0.39 is 0 Å². The van der Waals surface area contributed by atoms with Gasteiger partial charge in [0.05, 0.1) is 12.1 Å². The van der Waals surface area contributed by atoms with Gasteiger partial charge in [-0.05, 0) is 36.0 Å². The number of hydrogen-bond acceptors (Lipinski definition) is 9. The monoisotopic (exact) mass is 425 g/mol. The number of nitrogens with zero attached hydrogens (tertiary/aromatic N) is 6. The smallest absolute Gasteiger partial charge is 0.235 e. The number of allylic oxidation sites excluding steroid dienone is 1. The summed E-state index contributed by atoms with van der Waals surface area (Å²) in [5.74, 6) is 0. The summed E-state index contributed by atoms with van der Waals surface area (Å²) >= 11 is 3.04. The van der Waals surface area contributed by atoms with Crippen molar-refractivity contribution >= 4 is 50.8 Å². The van der Waals surface area contributed by atoms with Crippen LogP contribution in [-0.2, 0) is 11.2 Å². The molecule has 0 fully saturated rings. The number of pyridine rings is 1. The fourth-order valence-electron chi connectivity index (χ4n) is 2.78. The van der Waals surface area contributed by atoms with Gasteiger partial charge in [0.25, 0.3) is 0 Å². The van der Waals surface area contributed by atoms with E-state index in [0.717, 1.165) is 48.5 Å². The molecule has 0 aliphatic heterocycles. The lowest BCUT2D eigenvalue weighted by molar-refractivity contribution is 0.202. The highest BCUT2D eigenvalue weighted by Crippen LogP contribution is 2.30. The number of fused-ring (bicyclic) bond motifs is 2. The van der Waals surface area contributed by atoms with E-state index in [9.17, 15) is 0 Å². The molecule has 4 aromatic rings. The molecule has 0 saturated carbocycles. The molecule has 8 nitrogen and oxygen atoms in total. The van der Waals surface area contributed by atoms with Crippen LogP contribution in [0.3, 0.4) is 0 Å². The molecule has 0 bridgehead atoms. The first-order chi connectivity index (χ1) is 14.2. The van der Waals surface area contributed by atoms with Crippen LogP contribution in [0.1, 0.15) is 10.6 Å². The SMILES string of the molecule is CN=C/C(=C\N)c1cnc2ccc(Sc3nnc4sc(CCOC)nn34)cc2c1. The van der Waals surface area contributed by atoms with Gasteiger partial charge in [-0.15, -0.1) is 10.2 Å². The minimum absolute atomic E-state index is 0.633. The molecule has 3 aromatic heterocycles. The largest absolute Gasteiger partial charge is 0.404 e. The zero-order valence-electron chi connectivity index (χ0n) is 15.9. The van der Waals surface area contributed by atoms with E-state index in [1.54, 1.807) is 31.1 Å². The first kappa shape index (κ1) is 19.5. The number of ether oxygens (including phenoxy) is 1. The second-order valence-corrected chi connectivity index (χ2v) is 8.19. The molecule has 0 unspecified atom stereocenters. The highest BCUT2D eigenvalue weighted by atomic mass is 32.2. The molecule has 2 N–H and O–H groups in total. The zero-order chi connectivity index (χ0) is 20.2. The van der Waals surface area contributed by atoms with Crippen LogP contribution in [-0.4, -0.2) is 51.8 Å². The van der Waals surface area contributed by atoms with Crippen LogP contribution in [0.5, 0.6) is 0 Å². The minimum atomic E-state index is 0.633. The van der Waals surface area contributed by atoms with Gasteiger partial charge in [0, 0.05) is 60.6 Å². The molecule has 0 saturated heterocycles. The lowest BCUT2D eigenvalue weighted by Gasteiger charge is -2.05. The van der Waals surface area contributed by atoms with Gasteiger partial charge in [0.2, 0.25) is 10.1 Å². The van der Waals surface area contributed by atoms with E-state index in [1.165, 1.54) is 29.3 Å². The Morgan fingerprint density at radius 2 is 2.24 bits per heavy atom. The third-order valence-electron chi connectivity index (χ3n) is 4.17. The number of benzene rings is 1. The third kappa shape index (κ3) is 4.14. The molecule has 0 aliphatic carbocycles. The average molecular weight is 426 g/mol. The van der Waals surface area contributed by atoms with Crippen molar-refractivity contribution in [3.8, 4) is 0 Å². The Balaban J connectivity index is 1.64. The van der Waals surface area contributed by atoms with Crippen LogP contribution in [0.2, 0.25) is 0 Å². The van der Waals surface area contributed by atoms with Crippen LogP contribution in [0.25, 0.3) is 21.4 Å². The summed E-state index contributed by atoms with van der Waals surface area (Å²) in [5.41, 5.74) is 8.37. The van der Waals surface area contributed by atoms with Gasteiger partial charge in [0.1, 0.15) is 5.01 Å². The standard InChI is InChI=1S/C19H19N7OS2/c1-21-10-14(9-20)13-7-12-8-15(3-4-16(12)22-11-13)28-18-23-24-19-26(18)25-17(29-19)5-6-27-2/h3-4,7-11H,5-6,20H2,1-2H3/b14-9+,21-10?. The molecule has 148 valence electrons. The molecule has 0 aliphatic rings. The normalized spacial score (nSPS) is 12.6.